The molecule has 0 amide bonds. The highest BCUT2D eigenvalue weighted by molar-refractivity contribution is 5.16. The van der Waals surface area contributed by atoms with Crippen LogP contribution in [0.3, 0.4) is 0 Å². The number of aryl methyl sites for hydroxylation is 1. The van der Waals surface area contributed by atoms with Crippen LogP contribution in [0.1, 0.15) is 23.8 Å². The first-order valence-corrected chi connectivity index (χ1v) is 3.95. The van der Waals surface area contributed by atoms with Gasteiger partial charge in [0.25, 0.3) is 0 Å². The fourth-order valence-electron chi connectivity index (χ4n) is 0.970. The maximum Gasteiger partial charge on any atom is 0.0839 e. The minimum absolute atomic E-state index is 0.462. The molecule has 1 atom stereocenters. The number of pyridine rings is 1. The van der Waals surface area contributed by atoms with Crippen LogP contribution in [0.2, 0.25) is 0 Å². The molecule has 0 aliphatic carbocycles. The second-order valence-corrected chi connectivity index (χ2v) is 2.77. The molecule has 64 valence electrons. The van der Waals surface area contributed by atoms with E-state index in [1.165, 1.54) is 0 Å². The molecule has 2 heteroatoms. The molecule has 2 nitrogen and oxygen atoms in total. The number of aromatic nitrogens is 1. The van der Waals surface area contributed by atoms with Crippen LogP contribution in [-0.4, -0.2) is 10.1 Å². The van der Waals surface area contributed by atoms with Gasteiger partial charge in [-0.3, -0.25) is 4.98 Å². The van der Waals surface area contributed by atoms with Gasteiger partial charge in [-0.2, -0.15) is 0 Å². The molecule has 0 aliphatic rings. The molecule has 0 aliphatic heterocycles. The Bertz CT molecular complexity index is 253. The Hall–Kier alpha value is -1.15. The summed E-state index contributed by atoms with van der Waals surface area (Å²) >= 11 is 0. The summed E-state index contributed by atoms with van der Waals surface area (Å²) in [4.78, 5) is 4.09. The molecule has 0 saturated heterocycles. The number of aliphatic hydroxyl groups excluding tert-OH is 1. The molecular weight excluding hydrogens is 150 g/mol. The largest absolute Gasteiger partial charge is 0.388 e. The Kier molecular flexibility index (Phi) is 3.00. The monoisotopic (exact) mass is 163 g/mol. The van der Waals surface area contributed by atoms with Crippen LogP contribution in [0.5, 0.6) is 0 Å². The smallest absolute Gasteiger partial charge is 0.0839 e. The van der Waals surface area contributed by atoms with Gasteiger partial charge in [0.15, 0.2) is 0 Å². The predicted molar refractivity (Wildman–Crippen MR) is 48.7 cm³/mol. The number of aliphatic hydroxyl groups is 1. The van der Waals surface area contributed by atoms with Gasteiger partial charge in [0.2, 0.25) is 0 Å². The van der Waals surface area contributed by atoms with E-state index < -0.39 is 6.10 Å². The van der Waals surface area contributed by atoms with Gasteiger partial charge in [0.1, 0.15) is 0 Å². The summed E-state index contributed by atoms with van der Waals surface area (Å²) < 4.78 is 0. The summed E-state index contributed by atoms with van der Waals surface area (Å²) in [6.07, 6.45) is 3.51. The quantitative estimate of drug-likeness (QED) is 0.691. The Morgan fingerprint density at radius 2 is 2.42 bits per heavy atom. The third kappa shape index (κ3) is 2.17. The van der Waals surface area contributed by atoms with E-state index in [0.717, 1.165) is 11.3 Å². The van der Waals surface area contributed by atoms with Crippen molar-refractivity contribution in [1.82, 2.24) is 4.98 Å². The normalized spacial score (nSPS) is 12.5. The van der Waals surface area contributed by atoms with E-state index in [2.05, 4.69) is 11.6 Å². The van der Waals surface area contributed by atoms with Gasteiger partial charge in [-0.1, -0.05) is 12.1 Å². The zero-order valence-electron chi connectivity index (χ0n) is 7.20. The van der Waals surface area contributed by atoms with Crippen LogP contribution in [0.25, 0.3) is 0 Å². The van der Waals surface area contributed by atoms with Crippen LogP contribution < -0.4 is 0 Å². The van der Waals surface area contributed by atoms with Gasteiger partial charge < -0.3 is 5.11 Å². The zero-order valence-corrected chi connectivity index (χ0v) is 7.20. The molecule has 0 spiro atoms. The lowest BCUT2D eigenvalue weighted by molar-refractivity contribution is 0.181. The third-order valence-electron chi connectivity index (χ3n) is 1.71. The molecule has 1 N–H and O–H groups in total. The van der Waals surface area contributed by atoms with Crippen LogP contribution >= 0.6 is 0 Å². The summed E-state index contributed by atoms with van der Waals surface area (Å²) in [5.74, 6) is 0. The van der Waals surface area contributed by atoms with Crippen molar-refractivity contribution in [3.8, 4) is 0 Å². The van der Waals surface area contributed by atoms with Gasteiger partial charge in [0.05, 0.1) is 6.10 Å². The van der Waals surface area contributed by atoms with Crippen molar-refractivity contribution < 1.29 is 5.11 Å². The summed E-state index contributed by atoms with van der Waals surface area (Å²) in [6.45, 7) is 5.48. The highest BCUT2D eigenvalue weighted by Crippen LogP contribution is 2.15. The molecule has 1 unspecified atom stereocenters. The van der Waals surface area contributed by atoms with E-state index in [4.69, 9.17) is 0 Å². The zero-order chi connectivity index (χ0) is 8.97. The summed E-state index contributed by atoms with van der Waals surface area (Å²) in [7, 11) is 0. The lowest BCUT2D eigenvalue weighted by Gasteiger charge is -2.06. The molecule has 1 heterocycles. The molecular formula is C10H13NO. The van der Waals surface area contributed by atoms with Gasteiger partial charge in [-0.25, -0.2) is 0 Å². The van der Waals surface area contributed by atoms with Gasteiger partial charge in [-0.15, -0.1) is 6.58 Å². The SMILES string of the molecule is C=CCC(O)c1ccc(C)nc1. The lowest BCUT2D eigenvalue weighted by Crippen LogP contribution is -1.96. The third-order valence-corrected chi connectivity index (χ3v) is 1.71. The number of rotatable bonds is 3. The van der Waals surface area contributed by atoms with E-state index >= 15 is 0 Å². The fourth-order valence-corrected chi connectivity index (χ4v) is 0.970. The predicted octanol–water partition coefficient (Wildman–Crippen LogP) is 2.00. The minimum atomic E-state index is -0.462. The average molecular weight is 163 g/mol. The van der Waals surface area contributed by atoms with Crippen molar-refractivity contribution in [2.24, 2.45) is 0 Å². The van der Waals surface area contributed by atoms with E-state index in [1.807, 2.05) is 19.1 Å². The first-order chi connectivity index (χ1) is 5.74. The fraction of sp³-hybridized carbons (Fsp3) is 0.300. The highest BCUT2D eigenvalue weighted by Gasteiger charge is 2.04. The van der Waals surface area contributed by atoms with E-state index in [0.29, 0.717) is 6.42 Å². The highest BCUT2D eigenvalue weighted by atomic mass is 16.3. The van der Waals surface area contributed by atoms with Crippen molar-refractivity contribution in [3.05, 3.63) is 42.2 Å². The number of hydrogen-bond donors (Lipinski definition) is 1. The molecule has 0 aromatic carbocycles. The molecule has 1 rings (SSSR count). The Morgan fingerprint density at radius 3 is 2.92 bits per heavy atom. The summed E-state index contributed by atoms with van der Waals surface area (Å²) in [6, 6.07) is 3.78. The lowest BCUT2D eigenvalue weighted by atomic mass is 10.1. The van der Waals surface area contributed by atoms with Crippen molar-refractivity contribution in [2.75, 3.05) is 0 Å². The first kappa shape index (κ1) is 8.94. The van der Waals surface area contributed by atoms with Gasteiger partial charge in [-0.05, 0) is 25.0 Å². The van der Waals surface area contributed by atoms with Crippen LogP contribution in [-0.2, 0) is 0 Å². The van der Waals surface area contributed by atoms with Crippen molar-refractivity contribution >= 4 is 0 Å². The van der Waals surface area contributed by atoms with Crippen molar-refractivity contribution in [2.45, 2.75) is 19.4 Å². The minimum Gasteiger partial charge on any atom is -0.388 e. The molecule has 0 radical (unpaired) electrons. The maximum absolute atomic E-state index is 9.50. The van der Waals surface area contributed by atoms with Gasteiger partial charge >= 0.3 is 0 Å². The van der Waals surface area contributed by atoms with E-state index in [9.17, 15) is 5.11 Å². The number of hydrogen-bond acceptors (Lipinski definition) is 2. The topological polar surface area (TPSA) is 33.1 Å². The Balaban J connectivity index is 2.74. The van der Waals surface area contributed by atoms with Crippen molar-refractivity contribution in [3.63, 3.8) is 0 Å². The van der Waals surface area contributed by atoms with E-state index in [-0.39, 0.29) is 0 Å². The molecule has 1 aromatic heterocycles. The second kappa shape index (κ2) is 4.02. The standard InChI is InChI=1S/C10H13NO/c1-3-4-10(12)9-6-5-8(2)11-7-9/h3,5-7,10,12H,1,4H2,2H3. The Labute approximate surface area is 72.6 Å². The molecule has 0 saturated carbocycles. The average Bonchev–Trinajstić information content (AvgIpc) is 2.06. The number of nitrogens with zero attached hydrogens (tertiary/aromatic N) is 1. The van der Waals surface area contributed by atoms with Crippen LogP contribution in [0, 0.1) is 6.92 Å². The second-order valence-electron chi connectivity index (χ2n) is 2.77. The molecule has 0 bridgehead atoms. The molecule has 12 heavy (non-hydrogen) atoms. The van der Waals surface area contributed by atoms with E-state index in [1.54, 1.807) is 12.3 Å². The summed E-state index contributed by atoms with van der Waals surface area (Å²) in [5.41, 5.74) is 1.81. The summed E-state index contributed by atoms with van der Waals surface area (Å²) in [5, 5.41) is 9.50. The van der Waals surface area contributed by atoms with Crippen LogP contribution in [0.4, 0.5) is 0 Å². The Morgan fingerprint density at radius 1 is 1.67 bits per heavy atom. The molecule has 1 aromatic rings. The van der Waals surface area contributed by atoms with Crippen molar-refractivity contribution in [1.29, 1.82) is 0 Å². The maximum atomic E-state index is 9.50. The molecule has 0 fully saturated rings. The van der Waals surface area contributed by atoms with Gasteiger partial charge in [0, 0.05) is 11.9 Å². The van der Waals surface area contributed by atoms with Crippen LogP contribution in [0.15, 0.2) is 31.0 Å². The first-order valence-electron chi connectivity index (χ1n) is 3.95.